The molecule has 0 spiro atoms. The van der Waals surface area contributed by atoms with E-state index in [1.165, 1.54) is 29.2 Å². The van der Waals surface area contributed by atoms with Crippen molar-refractivity contribution in [3.05, 3.63) is 101 Å². The van der Waals surface area contributed by atoms with Crippen molar-refractivity contribution in [1.82, 2.24) is 15.5 Å². The van der Waals surface area contributed by atoms with Crippen molar-refractivity contribution in [2.75, 3.05) is 6.54 Å². The molecule has 1 saturated heterocycles. The van der Waals surface area contributed by atoms with Crippen LogP contribution in [0.25, 0.3) is 0 Å². The highest BCUT2D eigenvalue weighted by Crippen LogP contribution is 2.22. The molecule has 0 unspecified atom stereocenters. The van der Waals surface area contributed by atoms with Crippen LogP contribution in [0.4, 0.5) is 8.78 Å². The topological polar surface area (TPSA) is 119 Å². The van der Waals surface area contributed by atoms with Crippen LogP contribution in [0.3, 0.4) is 0 Å². The SMILES string of the molecule is Cc1c(O)cccc1C(=O)N[C@@H](Cc1ccccc1)[C@H](O)C(=O)N1CCC[C@H]1C(=O)NCc1ccc(F)cc1F. The lowest BCUT2D eigenvalue weighted by atomic mass is 9.98. The summed E-state index contributed by atoms with van der Waals surface area (Å²) in [4.78, 5) is 40.9. The summed E-state index contributed by atoms with van der Waals surface area (Å²) in [6.45, 7) is 1.61. The standard InChI is InChI=1S/C30H31F2N3O5/c1-18-22(9-5-11-26(18)36)28(38)34-24(15-19-7-3-2-4-8-19)27(37)30(40)35-14-6-10-25(35)29(39)33-17-20-12-13-21(31)16-23(20)32/h2-5,7-9,11-13,16,24-25,27,36-37H,6,10,14-15,17H2,1H3,(H,33,39)(H,34,38)/t24-,25-,27-/m0/s1. The van der Waals surface area contributed by atoms with Crippen molar-refractivity contribution in [3.63, 3.8) is 0 Å². The number of phenolic OH excluding ortho intramolecular Hbond substituents is 1. The Labute approximate surface area is 230 Å². The maximum absolute atomic E-state index is 14.0. The van der Waals surface area contributed by atoms with Gasteiger partial charge >= 0.3 is 0 Å². The third-order valence-electron chi connectivity index (χ3n) is 7.11. The van der Waals surface area contributed by atoms with Gasteiger partial charge in [0.25, 0.3) is 11.8 Å². The van der Waals surface area contributed by atoms with E-state index in [9.17, 15) is 33.4 Å². The number of phenols is 1. The number of nitrogens with zero attached hydrogens (tertiary/aromatic N) is 1. The van der Waals surface area contributed by atoms with Gasteiger partial charge in [-0.15, -0.1) is 0 Å². The number of rotatable bonds is 9. The normalized spacial score (nSPS) is 16.3. The van der Waals surface area contributed by atoms with Crippen molar-refractivity contribution in [2.24, 2.45) is 0 Å². The highest BCUT2D eigenvalue weighted by molar-refractivity contribution is 5.97. The van der Waals surface area contributed by atoms with E-state index < -0.39 is 47.5 Å². The van der Waals surface area contributed by atoms with Crippen LogP contribution >= 0.6 is 0 Å². The first kappa shape index (κ1) is 28.7. The Hall–Kier alpha value is -4.31. The molecule has 1 fully saturated rings. The van der Waals surface area contributed by atoms with Crippen LogP contribution in [0.2, 0.25) is 0 Å². The first-order valence-electron chi connectivity index (χ1n) is 13.0. The largest absolute Gasteiger partial charge is 0.508 e. The lowest BCUT2D eigenvalue weighted by Crippen LogP contribution is -2.55. The van der Waals surface area contributed by atoms with Gasteiger partial charge in [0.1, 0.15) is 23.4 Å². The van der Waals surface area contributed by atoms with Gasteiger partial charge in [0, 0.05) is 35.8 Å². The summed E-state index contributed by atoms with van der Waals surface area (Å²) in [5, 5.41) is 26.6. The summed E-state index contributed by atoms with van der Waals surface area (Å²) in [6.07, 6.45) is -0.690. The van der Waals surface area contributed by atoms with Gasteiger partial charge in [-0.2, -0.15) is 0 Å². The van der Waals surface area contributed by atoms with Gasteiger partial charge in [0.05, 0.1) is 6.04 Å². The Morgan fingerprint density at radius 1 is 1.05 bits per heavy atom. The minimum atomic E-state index is -1.68. The molecule has 1 aliphatic heterocycles. The minimum absolute atomic E-state index is 0.0599. The zero-order valence-electron chi connectivity index (χ0n) is 21.9. The molecule has 40 heavy (non-hydrogen) atoms. The number of aliphatic hydroxyl groups is 1. The van der Waals surface area contributed by atoms with Crippen molar-refractivity contribution < 1.29 is 33.4 Å². The third-order valence-corrected chi connectivity index (χ3v) is 7.11. The summed E-state index contributed by atoms with van der Waals surface area (Å²) in [7, 11) is 0. The van der Waals surface area contributed by atoms with E-state index in [4.69, 9.17) is 0 Å². The molecule has 0 aliphatic carbocycles. The monoisotopic (exact) mass is 551 g/mol. The summed E-state index contributed by atoms with van der Waals surface area (Å²) < 4.78 is 27.2. The Morgan fingerprint density at radius 3 is 2.52 bits per heavy atom. The summed E-state index contributed by atoms with van der Waals surface area (Å²) in [6, 6.07) is 14.6. The van der Waals surface area contributed by atoms with Gasteiger partial charge in [-0.25, -0.2) is 8.78 Å². The number of benzene rings is 3. The molecule has 0 radical (unpaired) electrons. The van der Waals surface area contributed by atoms with Gasteiger partial charge < -0.3 is 25.7 Å². The van der Waals surface area contributed by atoms with Crippen molar-refractivity contribution in [2.45, 2.75) is 50.9 Å². The Balaban J connectivity index is 1.49. The van der Waals surface area contributed by atoms with Crippen LogP contribution in [0.5, 0.6) is 5.75 Å². The van der Waals surface area contributed by atoms with E-state index in [2.05, 4.69) is 10.6 Å². The Bertz CT molecular complexity index is 1390. The number of hydrogen-bond donors (Lipinski definition) is 4. The number of aliphatic hydroxyl groups excluding tert-OH is 1. The first-order chi connectivity index (χ1) is 19.2. The first-order valence-corrected chi connectivity index (χ1v) is 13.0. The van der Waals surface area contributed by atoms with Crippen molar-refractivity contribution in [1.29, 1.82) is 0 Å². The van der Waals surface area contributed by atoms with Crippen LogP contribution in [-0.2, 0) is 22.6 Å². The fourth-order valence-electron chi connectivity index (χ4n) is 4.84. The number of likely N-dealkylation sites (tertiary alicyclic amines) is 1. The van der Waals surface area contributed by atoms with Crippen LogP contribution in [0.15, 0.2) is 66.7 Å². The number of nitrogens with one attached hydrogen (secondary N) is 2. The number of carbonyl (C=O) groups is 3. The maximum atomic E-state index is 14.0. The Morgan fingerprint density at radius 2 is 1.80 bits per heavy atom. The van der Waals surface area contributed by atoms with E-state index in [1.54, 1.807) is 31.2 Å². The van der Waals surface area contributed by atoms with E-state index in [-0.39, 0.29) is 36.4 Å². The molecule has 3 aromatic carbocycles. The molecule has 0 saturated carbocycles. The maximum Gasteiger partial charge on any atom is 0.254 e. The average molecular weight is 552 g/mol. The molecule has 1 aliphatic rings. The predicted molar refractivity (Wildman–Crippen MR) is 143 cm³/mol. The number of aromatic hydroxyl groups is 1. The molecule has 4 rings (SSSR count). The van der Waals surface area contributed by atoms with E-state index in [0.717, 1.165) is 17.7 Å². The molecule has 8 nitrogen and oxygen atoms in total. The molecule has 0 aromatic heterocycles. The Kier molecular flexibility index (Phi) is 9.11. The third kappa shape index (κ3) is 6.63. The second kappa shape index (κ2) is 12.7. The number of amides is 3. The van der Waals surface area contributed by atoms with Gasteiger partial charge in [0.15, 0.2) is 6.10 Å². The van der Waals surface area contributed by atoms with E-state index in [1.807, 2.05) is 6.07 Å². The fraction of sp³-hybridized carbons (Fsp3) is 0.300. The minimum Gasteiger partial charge on any atom is -0.508 e. The predicted octanol–water partition coefficient (Wildman–Crippen LogP) is 2.99. The van der Waals surface area contributed by atoms with Crippen LogP contribution < -0.4 is 10.6 Å². The fourth-order valence-corrected chi connectivity index (χ4v) is 4.84. The molecular formula is C30H31F2N3O5. The second-order valence-corrected chi connectivity index (χ2v) is 9.81. The molecule has 1 heterocycles. The van der Waals surface area contributed by atoms with Crippen LogP contribution in [0, 0.1) is 18.6 Å². The molecule has 0 bridgehead atoms. The summed E-state index contributed by atoms with van der Waals surface area (Å²) in [5.41, 5.74) is 1.42. The number of carbonyl (C=O) groups excluding carboxylic acids is 3. The number of halogens is 2. The van der Waals surface area contributed by atoms with Crippen molar-refractivity contribution in [3.8, 4) is 5.75 Å². The van der Waals surface area contributed by atoms with Gasteiger partial charge in [-0.05, 0) is 49.9 Å². The van der Waals surface area contributed by atoms with Crippen molar-refractivity contribution >= 4 is 17.7 Å². The zero-order valence-corrected chi connectivity index (χ0v) is 21.9. The summed E-state index contributed by atoms with van der Waals surface area (Å²) >= 11 is 0. The lowest BCUT2D eigenvalue weighted by molar-refractivity contribution is -0.146. The second-order valence-electron chi connectivity index (χ2n) is 9.81. The van der Waals surface area contributed by atoms with E-state index >= 15 is 0 Å². The van der Waals surface area contributed by atoms with E-state index in [0.29, 0.717) is 18.4 Å². The molecule has 10 heteroatoms. The zero-order chi connectivity index (χ0) is 28.8. The molecule has 3 atom stereocenters. The molecule has 4 N–H and O–H groups in total. The smallest absolute Gasteiger partial charge is 0.254 e. The number of hydrogen-bond acceptors (Lipinski definition) is 5. The van der Waals surface area contributed by atoms with Crippen LogP contribution in [0.1, 0.15) is 39.9 Å². The summed E-state index contributed by atoms with van der Waals surface area (Å²) in [5.74, 6) is -3.41. The molecule has 210 valence electrons. The lowest BCUT2D eigenvalue weighted by Gasteiger charge is -2.30. The molecule has 3 aromatic rings. The average Bonchev–Trinajstić information content (AvgIpc) is 3.43. The molecule has 3 amide bonds. The van der Waals surface area contributed by atoms with Gasteiger partial charge in [-0.1, -0.05) is 42.5 Å². The van der Waals surface area contributed by atoms with Crippen LogP contribution in [-0.4, -0.2) is 57.6 Å². The molecular weight excluding hydrogens is 520 g/mol. The van der Waals surface area contributed by atoms with Gasteiger partial charge in [-0.3, -0.25) is 14.4 Å². The highest BCUT2D eigenvalue weighted by atomic mass is 19.1. The van der Waals surface area contributed by atoms with Gasteiger partial charge in [0.2, 0.25) is 5.91 Å². The quantitative estimate of drug-likeness (QED) is 0.326. The highest BCUT2D eigenvalue weighted by Gasteiger charge is 2.39.